The van der Waals surface area contributed by atoms with Crippen LogP contribution >= 0.6 is 0 Å². The van der Waals surface area contributed by atoms with E-state index in [1.165, 1.54) is 0 Å². The van der Waals surface area contributed by atoms with Gasteiger partial charge in [-0.2, -0.15) is 0 Å². The van der Waals surface area contributed by atoms with Crippen LogP contribution in [0.1, 0.15) is 27.2 Å². The normalized spacial score (nSPS) is 21.0. The first-order chi connectivity index (χ1) is 4.04. The third-order valence-electron chi connectivity index (χ3n) is 2.05. The second-order valence-corrected chi connectivity index (χ2v) is 2.79. The van der Waals surface area contributed by atoms with Crippen molar-refractivity contribution in [2.45, 2.75) is 32.8 Å². The predicted octanol–water partition coefficient (Wildman–Crippen LogP) is 0.776. The highest BCUT2D eigenvalue weighted by Crippen LogP contribution is 2.19. The predicted molar refractivity (Wildman–Crippen MR) is 37.2 cm³/mol. The Hall–Kier alpha value is -0.0800. The monoisotopic (exact) mass is 132 g/mol. The maximum absolute atomic E-state index is 9.43. The summed E-state index contributed by atoms with van der Waals surface area (Å²) in [5, 5.41) is 18.1. The Morgan fingerprint density at radius 2 is 2.00 bits per heavy atom. The Kier molecular flexibility index (Phi) is 3.15. The van der Waals surface area contributed by atoms with Crippen LogP contribution in [0.2, 0.25) is 0 Å². The van der Waals surface area contributed by atoms with E-state index < -0.39 is 5.60 Å². The van der Waals surface area contributed by atoms with Crippen LogP contribution < -0.4 is 0 Å². The Bertz CT molecular complexity index is 79.0. The van der Waals surface area contributed by atoms with E-state index in [1.54, 1.807) is 6.92 Å². The Morgan fingerprint density at radius 3 is 2.11 bits per heavy atom. The maximum Gasteiger partial charge on any atom is 0.0664 e. The van der Waals surface area contributed by atoms with Gasteiger partial charge >= 0.3 is 0 Å². The fourth-order valence-electron chi connectivity index (χ4n) is 0.545. The number of rotatable bonds is 3. The molecule has 0 heterocycles. The number of aliphatic hydroxyl groups is 2. The quantitative estimate of drug-likeness (QED) is 0.595. The lowest BCUT2D eigenvalue weighted by molar-refractivity contribution is -0.0191. The summed E-state index contributed by atoms with van der Waals surface area (Å²) in [5.41, 5.74) is -0.700. The zero-order chi connectivity index (χ0) is 7.49. The van der Waals surface area contributed by atoms with Crippen LogP contribution in [0.25, 0.3) is 0 Å². The van der Waals surface area contributed by atoms with Gasteiger partial charge in [0.2, 0.25) is 0 Å². The lowest BCUT2D eigenvalue weighted by atomic mass is 9.89. The van der Waals surface area contributed by atoms with Crippen molar-refractivity contribution in [3.05, 3.63) is 0 Å². The van der Waals surface area contributed by atoms with E-state index in [9.17, 15) is 5.11 Å². The maximum atomic E-state index is 9.43. The average molecular weight is 132 g/mol. The third kappa shape index (κ3) is 2.33. The van der Waals surface area contributed by atoms with Crippen molar-refractivity contribution < 1.29 is 10.2 Å². The average Bonchev–Trinajstić information content (AvgIpc) is 1.86. The summed E-state index contributed by atoms with van der Waals surface area (Å²) in [4.78, 5) is 0. The van der Waals surface area contributed by atoms with Crippen LogP contribution in [0.15, 0.2) is 0 Å². The Labute approximate surface area is 56.5 Å². The molecule has 0 fully saturated rings. The molecule has 0 radical (unpaired) electrons. The van der Waals surface area contributed by atoms with Gasteiger partial charge in [0.05, 0.1) is 5.60 Å². The summed E-state index contributed by atoms with van der Waals surface area (Å²) in [7, 11) is 0. The molecule has 0 aliphatic carbocycles. The first-order valence-corrected chi connectivity index (χ1v) is 3.37. The second-order valence-electron chi connectivity index (χ2n) is 2.79. The minimum Gasteiger partial charge on any atom is -0.396 e. The smallest absolute Gasteiger partial charge is 0.0664 e. The van der Waals surface area contributed by atoms with Gasteiger partial charge in [0.15, 0.2) is 0 Å². The molecule has 0 aromatic carbocycles. The van der Waals surface area contributed by atoms with Crippen molar-refractivity contribution in [1.29, 1.82) is 0 Å². The van der Waals surface area contributed by atoms with Gasteiger partial charge in [0.25, 0.3) is 0 Å². The molecule has 0 saturated carbocycles. The van der Waals surface area contributed by atoms with Crippen LogP contribution in [-0.4, -0.2) is 22.4 Å². The molecule has 0 aromatic rings. The molecular formula is C7H16O2. The molecule has 56 valence electrons. The SMILES string of the molecule is CC[C@](C)(O)[C@@H](C)CO. The summed E-state index contributed by atoms with van der Waals surface area (Å²) in [6.45, 7) is 5.55. The van der Waals surface area contributed by atoms with E-state index in [0.29, 0.717) is 6.42 Å². The van der Waals surface area contributed by atoms with Gasteiger partial charge in [-0.1, -0.05) is 13.8 Å². The molecule has 0 spiro atoms. The number of aliphatic hydroxyl groups excluding tert-OH is 1. The van der Waals surface area contributed by atoms with Crippen molar-refractivity contribution in [3.63, 3.8) is 0 Å². The third-order valence-corrected chi connectivity index (χ3v) is 2.05. The second kappa shape index (κ2) is 3.18. The fourth-order valence-corrected chi connectivity index (χ4v) is 0.545. The van der Waals surface area contributed by atoms with E-state index in [0.717, 1.165) is 0 Å². The molecule has 0 aliphatic heterocycles. The van der Waals surface area contributed by atoms with Crippen molar-refractivity contribution in [1.82, 2.24) is 0 Å². The Morgan fingerprint density at radius 1 is 1.56 bits per heavy atom. The highest BCUT2D eigenvalue weighted by molar-refractivity contribution is 4.76. The molecule has 2 atom stereocenters. The van der Waals surface area contributed by atoms with Crippen molar-refractivity contribution in [2.24, 2.45) is 5.92 Å². The minimum absolute atomic E-state index is 0.0255. The van der Waals surface area contributed by atoms with Gasteiger partial charge in [-0.3, -0.25) is 0 Å². The summed E-state index contributed by atoms with van der Waals surface area (Å²) >= 11 is 0. The highest BCUT2D eigenvalue weighted by Gasteiger charge is 2.24. The van der Waals surface area contributed by atoms with E-state index in [-0.39, 0.29) is 12.5 Å². The van der Waals surface area contributed by atoms with Gasteiger partial charge in [-0.25, -0.2) is 0 Å². The van der Waals surface area contributed by atoms with Gasteiger partial charge in [-0.05, 0) is 13.3 Å². The molecular weight excluding hydrogens is 116 g/mol. The van der Waals surface area contributed by atoms with E-state index in [1.807, 2.05) is 13.8 Å². The molecule has 0 amide bonds. The Balaban J connectivity index is 3.80. The van der Waals surface area contributed by atoms with E-state index in [4.69, 9.17) is 5.11 Å². The van der Waals surface area contributed by atoms with Crippen molar-refractivity contribution in [2.75, 3.05) is 6.61 Å². The number of hydrogen-bond donors (Lipinski definition) is 2. The molecule has 0 bridgehead atoms. The molecule has 9 heavy (non-hydrogen) atoms. The van der Waals surface area contributed by atoms with Gasteiger partial charge in [0.1, 0.15) is 0 Å². The van der Waals surface area contributed by atoms with Crippen LogP contribution in [0.5, 0.6) is 0 Å². The molecule has 2 N–H and O–H groups in total. The van der Waals surface area contributed by atoms with Crippen LogP contribution in [-0.2, 0) is 0 Å². The van der Waals surface area contributed by atoms with Gasteiger partial charge < -0.3 is 10.2 Å². The van der Waals surface area contributed by atoms with Crippen LogP contribution in [0, 0.1) is 5.92 Å². The summed E-state index contributed by atoms with van der Waals surface area (Å²) in [5.74, 6) is -0.0255. The molecule has 0 saturated heterocycles. The summed E-state index contributed by atoms with van der Waals surface area (Å²) < 4.78 is 0. The molecule has 0 aromatic heterocycles. The fraction of sp³-hybridized carbons (Fsp3) is 1.00. The molecule has 0 rings (SSSR count). The molecule has 2 nitrogen and oxygen atoms in total. The minimum atomic E-state index is -0.700. The van der Waals surface area contributed by atoms with Crippen LogP contribution in [0.4, 0.5) is 0 Å². The van der Waals surface area contributed by atoms with Crippen molar-refractivity contribution >= 4 is 0 Å². The molecule has 0 aliphatic rings. The zero-order valence-corrected chi connectivity index (χ0v) is 6.39. The summed E-state index contributed by atoms with van der Waals surface area (Å²) in [6.07, 6.45) is 0.689. The van der Waals surface area contributed by atoms with E-state index >= 15 is 0 Å². The molecule has 0 unspecified atom stereocenters. The van der Waals surface area contributed by atoms with E-state index in [2.05, 4.69) is 0 Å². The highest BCUT2D eigenvalue weighted by atomic mass is 16.3. The van der Waals surface area contributed by atoms with Crippen LogP contribution in [0.3, 0.4) is 0 Å². The first kappa shape index (κ1) is 8.92. The van der Waals surface area contributed by atoms with Crippen molar-refractivity contribution in [3.8, 4) is 0 Å². The lowest BCUT2D eigenvalue weighted by Crippen LogP contribution is -2.33. The summed E-state index contributed by atoms with van der Waals surface area (Å²) in [6, 6.07) is 0. The van der Waals surface area contributed by atoms with Gasteiger partial charge in [0, 0.05) is 12.5 Å². The zero-order valence-electron chi connectivity index (χ0n) is 6.39. The van der Waals surface area contributed by atoms with Gasteiger partial charge in [-0.15, -0.1) is 0 Å². The molecule has 2 heteroatoms. The largest absolute Gasteiger partial charge is 0.396 e. The topological polar surface area (TPSA) is 40.5 Å². The number of hydrogen-bond acceptors (Lipinski definition) is 2. The first-order valence-electron chi connectivity index (χ1n) is 3.37. The lowest BCUT2D eigenvalue weighted by Gasteiger charge is -2.27. The standard InChI is InChI=1S/C7H16O2/c1-4-7(3,9)6(2)5-8/h6,8-9H,4-5H2,1-3H3/t6-,7-/m0/s1.